The molecule has 1 saturated carbocycles. The Bertz CT molecular complexity index is 1380. The summed E-state index contributed by atoms with van der Waals surface area (Å²) in [6, 6.07) is 8.97. The van der Waals surface area contributed by atoms with E-state index in [9.17, 15) is 10.5 Å². The van der Waals surface area contributed by atoms with Crippen molar-refractivity contribution in [2.24, 2.45) is 0 Å². The highest BCUT2D eigenvalue weighted by Gasteiger charge is 2.36. The Labute approximate surface area is 214 Å². The minimum atomic E-state index is 0.278. The van der Waals surface area contributed by atoms with Crippen LogP contribution < -0.4 is 10.6 Å². The molecule has 1 aromatic carbocycles. The van der Waals surface area contributed by atoms with Crippen molar-refractivity contribution in [3.8, 4) is 12.1 Å². The number of anilines is 3. The van der Waals surface area contributed by atoms with Gasteiger partial charge in [-0.3, -0.25) is 4.90 Å². The van der Waals surface area contributed by atoms with E-state index in [-0.39, 0.29) is 11.9 Å². The van der Waals surface area contributed by atoms with Crippen molar-refractivity contribution in [2.75, 3.05) is 43.9 Å². The average Bonchev–Trinajstić information content (AvgIpc) is 3.57. The summed E-state index contributed by atoms with van der Waals surface area (Å²) in [5, 5.41) is 30.8. The number of hydrogen-bond acceptors (Lipinski definition) is 9. The second kappa shape index (κ2) is 9.21. The largest absolute Gasteiger partial charge is 0.364 e. The fourth-order valence-corrected chi connectivity index (χ4v) is 5.43. The number of nitriles is 2. The van der Waals surface area contributed by atoms with Gasteiger partial charge in [0, 0.05) is 31.1 Å². The summed E-state index contributed by atoms with van der Waals surface area (Å²) in [5.74, 6) is 1.13. The number of aromatic nitrogens is 4. The Balaban J connectivity index is 1.27. The lowest BCUT2D eigenvalue weighted by atomic mass is 9.87. The van der Waals surface area contributed by atoms with Gasteiger partial charge in [-0.05, 0) is 63.5 Å². The standard InChI is InChI=1S/C25H27ClN10/c1-34-6-4-18(5-7-34)35-13-16(14-35)20-8-15(10-27)9-21(22(20)26)31-25-32-23(30-17-2-3-17)24-29-12-19(11-28)36(24)33-25/h8-9,12,16-18H,2-7,13-14H2,1H3,(H2,30,31,32,33). The molecule has 2 N–H and O–H groups in total. The number of rotatable bonds is 6. The van der Waals surface area contributed by atoms with E-state index < -0.39 is 0 Å². The highest BCUT2D eigenvalue weighted by Crippen LogP contribution is 2.39. The van der Waals surface area contributed by atoms with E-state index in [0.717, 1.165) is 44.6 Å². The minimum Gasteiger partial charge on any atom is -0.364 e. The zero-order valence-corrected chi connectivity index (χ0v) is 20.8. The minimum absolute atomic E-state index is 0.278. The summed E-state index contributed by atoms with van der Waals surface area (Å²) in [4.78, 5) is 13.9. The van der Waals surface area contributed by atoms with E-state index in [1.807, 2.05) is 6.07 Å². The van der Waals surface area contributed by atoms with E-state index in [1.165, 1.54) is 23.6 Å². The molecule has 1 aliphatic carbocycles. The van der Waals surface area contributed by atoms with Gasteiger partial charge in [-0.15, -0.1) is 5.10 Å². The van der Waals surface area contributed by atoms with Crippen molar-refractivity contribution in [1.29, 1.82) is 10.5 Å². The first kappa shape index (κ1) is 23.0. The average molecular weight is 503 g/mol. The molecule has 2 saturated heterocycles. The van der Waals surface area contributed by atoms with Gasteiger partial charge in [0.2, 0.25) is 5.95 Å². The van der Waals surface area contributed by atoms with Crippen LogP contribution in [0.5, 0.6) is 0 Å². The van der Waals surface area contributed by atoms with E-state index in [2.05, 4.69) is 54.7 Å². The Hall–Kier alpha value is -3.44. The zero-order chi connectivity index (χ0) is 24.8. The first-order valence-corrected chi connectivity index (χ1v) is 12.8. The van der Waals surface area contributed by atoms with Crippen molar-refractivity contribution in [1.82, 2.24) is 29.4 Å². The molecule has 2 aliphatic heterocycles. The van der Waals surface area contributed by atoms with Gasteiger partial charge in [-0.2, -0.15) is 20.0 Å². The normalized spacial score (nSPS) is 19.6. The fourth-order valence-electron chi connectivity index (χ4n) is 5.12. The lowest BCUT2D eigenvalue weighted by molar-refractivity contribution is 0.0525. The van der Waals surface area contributed by atoms with Gasteiger partial charge in [0.25, 0.3) is 0 Å². The Morgan fingerprint density at radius 1 is 1.08 bits per heavy atom. The van der Waals surface area contributed by atoms with Gasteiger partial charge in [0.15, 0.2) is 17.2 Å². The molecule has 10 nitrogen and oxygen atoms in total. The van der Waals surface area contributed by atoms with Crippen LogP contribution in [-0.2, 0) is 0 Å². The summed E-state index contributed by atoms with van der Waals surface area (Å²) < 4.78 is 1.48. The number of hydrogen-bond donors (Lipinski definition) is 2. The van der Waals surface area contributed by atoms with Crippen molar-refractivity contribution < 1.29 is 0 Å². The predicted octanol–water partition coefficient (Wildman–Crippen LogP) is 3.33. The van der Waals surface area contributed by atoms with E-state index in [0.29, 0.717) is 45.5 Å². The molecule has 0 spiro atoms. The maximum atomic E-state index is 9.70. The number of nitrogens with zero attached hydrogens (tertiary/aromatic N) is 8. The van der Waals surface area contributed by atoms with Crippen molar-refractivity contribution in [3.63, 3.8) is 0 Å². The van der Waals surface area contributed by atoms with Crippen LogP contribution >= 0.6 is 11.6 Å². The maximum absolute atomic E-state index is 9.70. The number of piperidine rings is 1. The van der Waals surface area contributed by atoms with Gasteiger partial charge in [-0.1, -0.05) is 11.6 Å². The molecule has 0 amide bonds. The molecular weight excluding hydrogens is 476 g/mol. The SMILES string of the molecule is CN1CCC(N2CC(c3cc(C#N)cc(Nc4nc(NC5CC5)c5ncc(C#N)n5n4)c3Cl)C2)CC1. The molecule has 11 heteroatoms. The second-order valence-corrected chi connectivity index (χ2v) is 10.4. The van der Waals surface area contributed by atoms with Gasteiger partial charge >= 0.3 is 0 Å². The summed E-state index contributed by atoms with van der Waals surface area (Å²) in [6.07, 6.45) is 6.01. The van der Waals surface area contributed by atoms with Crippen LogP contribution in [0.4, 0.5) is 17.5 Å². The van der Waals surface area contributed by atoms with Gasteiger partial charge in [0.1, 0.15) is 6.07 Å². The molecule has 3 aromatic rings. The summed E-state index contributed by atoms with van der Waals surface area (Å²) in [7, 11) is 2.18. The number of imidazole rings is 1. The molecule has 2 aromatic heterocycles. The van der Waals surface area contributed by atoms with Gasteiger partial charge in [0.05, 0.1) is 28.5 Å². The molecule has 3 fully saturated rings. The predicted molar refractivity (Wildman–Crippen MR) is 136 cm³/mol. The summed E-state index contributed by atoms with van der Waals surface area (Å²) in [6.45, 7) is 4.16. The monoisotopic (exact) mass is 502 g/mol. The molecule has 0 unspecified atom stereocenters. The van der Waals surface area contributed by atoms with Crippen molar-refractivity contribution in [3.05, 3.63) is 40.2 Å². The Morgan fingerprint density at radius 2 is 1.86 bits per heavy atom. The quantitative estimate of drug-likeness (QED) is 0.522. The smallest absolute Gasteiger partial charge is 0.247 e. The van der Waals surface area contributed by atoms with E-state index in [4.69, 9.17) is 11.6 Å². The molecule has 36 heavy (non-hydrogen) atoms. The highest BCUT2D eigenvalue weighted by molar-refractivity contribution is 6.34. The number of nitrogens with one attached hydrogen (secondary N) is 2. The molecule has 4 heterocycles. The Kier molecular flexibility index (Phi) is 5.88. The van der Waals surface area contributed by atoms with Gasteiger partial charge < -0.3 is 15.5 Å². The van der Waals surface area contributed by atoms with Crippen molar-refractivity contribution >= 4 is 34.7 Å². The van der Waals surface area contributed by atoms with Crippen LogP contribution in [0.2, 0.25) is 5.02 Å². The van der Waals surface area contributed by atoms with E-state index >= 15 is 0 Å². The first-order valence-electron chi connectivity index (χ1n) is 12.4. The summed E-state index contributed by atoms with van der Waals surface area (Å²) in [5.41, 5.74) is 2.91. The van der Waals surface area contributed by atoms with Crippen LogP contribution in [-0.4, -0.2) is 74.7 Å². The summed E-state index contributed by atoms with van der Waals surface area (Å²) >= 11 is 6.90. The number of likely N-dealkylation sites (tertiary alicyclic amines) is 2. The number of fused-ring (bicyclic) bond motifs is 1. The molecule has 0 radical (unpaired) electrons. The number of benzene rings is 1. The zero-order valence-electron chi connectivity index (χ0n) is 20.1. The second-order valence-electron chi connectivity index (χ2n) is 10.0. The van der Waals surface area contributed by atoms with Gasteiger partial charge in [-0.25, -0.2) is 4.98 Å². The van der Waals surface area contributed by atoms with Crippen LogP contribution in [0.25, 0.3) is 5.65 Å². The lowest BCUT2D eigenvalue weighted by Gasteiger charge is -2.47. The molecule has 0 bridgehead atoms. The molecule has 184 valence electrons. The fraction of sp³-hybridized carbons (Fsp3) is 0.480. The first-order chi connectivity index (χ1) is 17.5. The van der Waals surface area contributed by atoms with Crippen LogP contribution in [0, 0.1) is 22.7 Å². The molecular formula is C25H27ClN10. The molecule has 0 atom stereocenters. The topological polar surface area (TPSA) is 121 Å². The molecule has 3 aliphatic rings. The lowest BCUT2D eigenvalue weighted by Crippen LogP contribution is -2.53. The Morgan fingerprint density at radius 3 is 2.56 bits per heavy atom. The van der Waals surface area contributed by atoms with Crippen LogP contribution in [0.3, 0.4) is 0 Å². The number of halogens is 1. The molecule has 6 rings (SSSR count). The third-order valence-electron chi connectivity index (χ3n) is 7.43. The van der Waals surface area contributed by atoms with Crippen molar-refractivity contribution in [2.45, 2.75) is 43.7 Å². The van der Waals surface area contributed by atoms with Crippen LogP contribution in [0.15, 0.2) is 18.3 Å². The highest BCUT2D eigenvalue weighted by atomic mass is 35.5. The third-order valence-corrected chi connectivity index (χ3v) is 7.85. The maximum Gasteiger partial charge on any atom is 0.247 e. The van der Waals surface area contributed by atoms with Crippen LogP contribution in [0.1, 0.15) is 48.4 Å². The van der Waals surface area contributed by atoms with E-state index in [1.54, 1.807) is 6.07 Å². The third kappa shape index (κ3) is 4.33.